The molecule has 2 amide bonds. The van der Waals surface area contributed by atoms with E-state index >= 15 is 0 Å². The number of anilines is 1. The first-order valence-corrected chi connectivity index (χ1v) is 13.2. The highest BCUT2D eigenvalue weighted by atomic mass is 35.5. The molecule has 0 aromatic carbocycles. The largest absolute Gasteiger partial charge is 0.339 e. The van der Waals surface area contributed by atoms with Crippen molar-refractivity contribution in [3.63, 3.8) is 0 Å². The molecule has 2 aliphatic rings. The molecule has 3 heterocycles. The molecule has 1 unspecified atom stereocenters. The first-order valence-electron chi connectivity index (χ1n) is 12.8. The fourth-order valence-electron chi connectivity index (χ4n) is 5.11. The number of hydrogen-bond donors (Lipinski definition) is 3. The Kier molecular flexibility index (Phi) is 6.94. The maximum absolute atomic E-state index is 13.6. The Hall–Kier alpha value is -3.40. The molecule has 3 aromatic rings. The van der Waals surface area contributed by atoms with E-state index in [1.54, 1.807) is 40.1 Å². The molecule has 37 heavy (non-hydrogen) atoms. The maximum Gasteiger partial charge on any atom is 0.270 e. The van der Waals surface area contributed by atoms with Crippen molar-refractivity contribution in [1.29, 1.82) is 0 Å². The van der Waals surface area contributed by atoms with Gasteiger partial charge in [0.1, 0.15) is 11.7 Å². The smallest absolute Gasteiger partial charge is 0.270 e. The molecule has 10 nitrogen and oxygen atoms in total. The van der Waals surface area contributed by atoms with Gasteiger partial charge in [-0.25, -0.2) is 0 Å². The number of pyridine rings is 1. The third-order valence-electron chi connectivity index (χ3n) is 7.29. The van der Waals surface area contributed by atoms with Crippen LogP contribution in [0.3, 0.4) is 0 Å². The number of amides is 2. The lowest BCUT2D eigenvalue weighted by Crippen LogP contribution is -2.50. The second-order valence-electron chi connectivity index (χ2n) is 10.4. The summed E-state index contributed by atoms with van der Waals surface area (Å²) < 4.78 is 3.26. The van der Waals surface area contributed by atoms with Crippen LogP contribution in [0.5, 0.6) is 0 Å². The van der Waals surface area contributed by atoms with Crippen LogP contribution >= 0.6 is 11.6 Å². The van der Waals surface area contributed by atoms with Gasteiger partial charge in [0.25, 0.3) is 11.5 Å². The van der Waals surface area contributed by atoms with Gasteiger partial charge in [-0.05, 0) is 76.3 Å². The van der Waals surface area contributed by atoms with Gasteiger partial charge in [-0.3, -0.25) is 23.7 Å². The van der Waals surface area contributed by atoms with Crippen molar-refractivity contribution in [3.8, 4) is 0 Å². The number of nitrogens with zero attached hydrogens (tertiary/aromatic N) is 4. The van der Waals surface area contributed by atoms with Crippen LogP contribution in [0.25, 0.3) is 0 Å². The second kappa shape index (κ2) is 10.2. The molecule has 0 spiro atoms. The first-order chi connectivity index (χ1) is 17.7. The summed E-state index contributed by atoms with van der Waals surface area (Å²) in [6.45, 7) is 5.75. The number of aromatic nitrogens is 5. The predicted octanol–water partition coefficient (Wildman–Crippen LogP) is 3.78. The Bertz CT molecular complexity index is 1340. The van der Waals surface area contributed by atoms with Crippen molar-refractivity contribution in [2.45, 2.75) is 64.6 Å². The van der Waals surface area contributed by atoms with Crippen LogP contribution < -0.4 is 16.2 Å². The molecule has 196 valence electrons. The Morgan fingerprint density at radius 2 is 1.84 bits per heavy atom. The number of halogens is 1. The van der Waals surface area contributed by atoms with Crippen molar-refractivity contribution in [3.05, 3.63) is 63.6 Å². The van der Waals surface area contributed by atoms with E-state index in [1.165, 1.54) is 6.20 Å². The Balaban J connectivity index is 1.36. The topological polar surface area (TPSA) is 127 Å². The molecular weight excluding hydrogens is 494 g/mol. The van der Waals surface area contributed by atoms with Gasteiger partial charge in [-0.15, -0.1) is 0 Å². The van der Waals surface area contributed by atoms with Crippen LogP contribution in [0.4, 0.5) is 5.69 Å². The van der Waals surface area contributed by atoms with Gasteiger partial charge in [0, 0.05) is 30.2 Å². The third-order valence-corrected chi connectivity index (χ3v) is 7.51. The maximum atomic E-state index is 13.6. The van der Waals surface area contributed by atoms with Crippen LogP contribution in [0.1, 0.15) is 74.6 Å². The van der Waals surface area contributed by atoms with E-state index in [9.17, 15) is 14.4 Å². The summed E-state index contributed by atoms with van der Waals surface area (Å²) in [6.07, 6.45) is 10.6. The zero-order chi connectivity index (χ0) is 26.3. The van der Waals surface area contributed by atoms with Crippen LogP contribution in [0.15, 0.2) is 41.7 Å². The average molecular weight is 526 g/mol. The molecule has 3 N–H and O–H groups in total. The summed E-state index contributed by atoms with van der Waals surface area (Å²) in [7, 11) is 0. The number of carbonyl (C=O) groups excluding carboxylic acids is 2. The van der Waals surface area contributed by atoms with Crippen LogP contribution in [-0.4, -0.2) is 42.4 Å². The van der Waals surface area contributed by atoms with E-state index in [2.05, 4.69) is 25.8 Å². The summed E-state index contributed by atoms with van der Waals surface area (Å²) in [4.78, 5) is 41.8. The minimum atomic E-state index is -0.667. The van der Waals surface area contributed by atoms with Crippen LogP contribution in [-0.2, 0) is 4.79 Å². The van der Waals surface area contributed by atoms with Gasteiger partial charge >= 0.3 is 0 Å². The third kappa shape index (κ3) is 5.49. The molecule has 0 radical (unpaired) electrons. The van der Waals surface area contributed by atoms with E-state index in [0.29, 0.717) is 33.8 Å². The monoisotopic (exact) mass is 525 g/mol. The minimum Gasteiger partial charge on any atom is -0.339 e. The predicted molar refractivity (Wildman–Crippen MR) is 140 cm³/mol. The quantitative estimate of drug-likeness (QED) is 0.371. The van der Waals surface area contributed by atoms with E-state index < -0.39 is 12.1 Å². The summed E-state index contributed by atoms with van der Waals surface area (Å²) in [5.74, 6) is 0.410. The molecule has 2 fully saturated rings. The standard InChI is InChI=1S/C26H32ClN7O3/c1-14(2)34-21(8-9-29-34)25(36)32-23(22(16-4-5-16)17-6-7-17)26(37)31-19-12-30-33(13-19)15(3)20-10-18(27)11-28-24(20)35/h8-17,22-23H,4-7H2,1-3H3,(H,28,35)(H,31,37)(H,32,36)/t15?,23-/m0/s1. The van der Waals surface area contributed by atoms with Gasteiger partial charge in [0.15, 0.2) is 0 Å². The van der Waals surface area contributed by atoms with Crippen molar-refractivity contribution >= 4 is 29.1 Å². The number of aromatic amines is 1. The number of nitrogens with one attached hydrogen (secondary N) is 3. The minimum absolute atomic E-state index is 0.0187. The lowest BCUT2D eigenvalue weighted by atomic mass is 9.88. The van der Waals surface area contributed by atoms with Gasteiger partial charge < -0.3 is 15.6 Å². The van der Waals surface area contributed by atoms with Gasteiger partial charge in [-0.2, -0.15) is 10.2 Å². The number of rotatable bonds is 10. The highest BCUT2D eigenvalue weighted by molar-refractivity contribution is 6.30. The van der Waals surface area contributed by atoms with Gasteiger partial charge in [0.2, 0.25) is 5.91 Å². The fraction of sp³-hybridized carbons (Fsp3) is 0.500. The number of hydrogen-bond acceptors (Lipinski definition) is 5. The summed E-state index contributed by atoms with van der Waals surface area (Å²) in [5.41, 5.74) is 1.14. The van der Waals surface area contributed by atoms with Gasteiger partial charge in [-0.1, -0.05) is 11.6 Å². The Morgan fingerprint density at radius 1 is 1.14 bits per heavy atom. The molecule has 0 bridgehead atoms. The Morgan fingerprint density at radius 3 is 2.49 bits per heavy atom. The van der Waals surface area contributed by atoms with E-state index in [-0.39, 0.29) is 29.3 Å². The van der Waals surface area contributed by atoms with Crippen molar-refractivity contribution in [1.82, 2.24) is 29.9 Å². The zero-order valence-corrected chi connectivity index (χ0v) is 21.9. The molecule has 2 aliphatic carbocycles. The summed E-state index contributed by atoms with van der Waals surface area (Å²) >= 11 is 6.06. The zero-order valence-electron chi connectivity index (χ0n) is 21.1. The molecule has 0 saturated heterocycles. The highest BCUT2D eigenvalue weighted by Crippen LogP contribution is 2.51. The van der Waals surface area contributed by atoms with Crippen molar-refractivity contribution in [2.24, 2.45) is 17.8 Å². The first kappa shape index (κ1) is 25.3. The number of H-pyrrole nitrogens is 1. The average Bonchev–Trinajstić information content (AvgIpc) is 3.78. The van der Waals surface area contributed by atoms with Gasteiger partial charge in [0.05, 0.1) is 22.9 Å². The van der Waals surface area contributed by atoms with E-state index in [1.807, 2.05) is 20.8 Å². The fourth-order valence-corrected chi connectivity index (χ4v) is 5.28. The van der Waals surface area contributed by atoms with Crippen LogP contribution in [0.2, 0.25) is 5.02 Å². The molecule has 3 aromatic heterocycles. The molecule has 11 heteroatoms. The Labute approximate surface area is 219 Å². The molecular formula is C26H32ClN7O3. The van der Waals surface area contributed by atoms with E-state index in [0.717, 1.165) is 25.7 Å². The molecule has 5 rings (SSSR count). The van der Waals surface area contributed by atoms with Crippen molar-refractivity contribution in [2.75, 3.05) is 5.32 Å². The lowest BCUT2D eigenvalue weighted by Gasteiger charge is -2.27. The summed E-state index contributed by atoms with van der Waals surface area (Å²) in [6, 6.07) is 2.24. The molecule has 0 aliphatic heterocycles. The highest BCUT2D eigenvalue weighted by Gasteiger charge is 2.48. The molecule has 2 atom stereocenters. The second-order valence-corrected chi connectivity index (χ2v) is 10.9. The number of carbonyl (C=O) groups is 2. The molecule has 2 saturated carbocycles. The van der Waals surface area contributed by atoms with Crippen LogP contribution in [0, 0.1) is 17.8 Å². The van der Waals surface area contributed by atoms with E-state index in [4.69, 9.17) is 11.6 Å². The normalized spacial score (nSPS) is 17.1. The summed E-state index contributed by atoms with van der Waals surface area (Å²) in [5, 5.41) is 15.0. The lowest BCUT2D eigenvalue weighted by molar-refractivity contribution is -0.119. The van der Waals surface area contributed by atoms with Crippen molar-refractivity contribution < 1.29 is 9.59 Å². The SMILES string of the molecule is CC(c1cc(Cl)c[nH]c1=O)n1cc(NC(=O)[C@@H](NC(=O)c2ccnn2C(C)C)C(C2CC2)C2CC2)cn1.